The monoisotopic (exact) mass is 342 g/mol. The van der Waals surface area contributed by atoms with Crippen molar-refractivity contribution in [1.29, 1.82) is 0 Å². The van der Waals surface area contributed by atoms with Gasteiger partial charge in [-0.15, -0.1) is 0 Å². The highest BCUT2D eigenvalue weighted by Crippen LogP contribution is 2.54. The number of pyridine rings is 1. The molecule has 2 saturated carbocycles. The van der Waals surface area contributed by atoms with Crippen molar-refractivity contribution in [3.8, 4) is 11.5 Å². The molecule has 1 N–H and O–H groups in total. The standard InChI is InChI=1S/C18H22N4O3/c1-2-24-14-10-13(18(14)7-3-4-8-18)20-16(23)15-21-17(25-22-15)12-6-5-9-19-11-12/h5-6,9,11,13-14H,2-4,7-8,10H2,1H3,(H,20,23)/t13-,14-/m0/s1. The number of amides is 1. The van der Waals surface area contributed by atoms with E-state index in [1.807, 2.05) is 13.0 Å². The minimum atomic E-state index is -0.287. The molecular formula is C18H22N4O3. The Kier molecular flexibility index (Phi) is 4.25. The lowest BCUT2D eigenvalue weighted by molar-refractivity contribution is -0.127. The molecule has 1 amide bonds. The third-order valence-corrected chi connectivity index (χ3v) is 5.53. The highest BCUT2D eigenvalue weighted by molar-refractivity contribution is 5.91. The Morgan fingerprint density at radius 1 is 1.44 bits per heavy atom. The zero-order valence-corrected chi connectivity index (χ0v) is 14.3. The molecule has 132 valence electrons. The second-order valence-corrected chi connectivity index (χ2v) is 6.81. The van der Waals surface area contributed by atoms with Crippen LogP contribution in [0.2, 0.25) is 0 Å². The topological polar surface area (TPSA) is 90.1 Å². The highest BCUT2D eigenvalue weighted by Gasteiger charge is 2.57. The fourth-order valence-corrected chi connectivity index (χ4v) is 4.23. The van der Waals surface area contributed by atoms with Crippen LogP contribution in [0.5, 0.6) is 0 Å². The van der Waals surface area contributed by atoms with Crippen molar-refractivity contribution >= 4 is 5.91 Å². The van der Waals surface area contributed by atoms with Crippen LogP contribution in [-0.4, -0.2) is 39.8 Å². The largest absolute Gasteiger partial charge is 0.378 e. The minimum Gasteiger partial charge on any atom is -0.378 e. The number of rotatable bonds is 5. The van der Waals surface area contributed by atoms with Gasteiger partial charge in [0.2, 0.25) is 0 Å². The summed E-state index contributed by atoms with van der Waals surface area (Å²) in [6, 6.07) is 3.72. The lowest BCUT2D eigenvalue weighted by Crippen LogP contribution is -2.63. The van der Waals surface area contributed by atoms with E-state index in [1.54, 1.807) is 18.5 Å². The first-order valence-corrected chi connectivity index (χ1v) is 8.89. The summed E-state index contributed by atoms with van der Waals surface area (Å²) in [5.74, 6) is 0.0756. The van der Waals surface area contributed by atoms with Crippen molar-refractivity contribution in [1.82, 2.24) is 20.4 Å². The smallest absolute Gasteiger partial charge is 0.292 e. The fraction of sp³-hybridized carbons (Fsp3) is 0.556. The van der Waals surface area contributed by atoms with Gasteiger partial charge in [-0.2, -0.15) is 4.98 Å². The summed E-state index contributed by atoms with van der Waals surface area (Å²) in [5, 5.41) is 6.92. The number of hydrogen-bond acceptors (Lipinski definition) is 6. The van der Waals surface area contributed by atoms with Crippen molar-refractivity contribution in [2.24, 2.45) is 5.41 Å². The Bertz CT molecular complexity index is 740. The van der Waals surface area contributed by atoms with Gasteiger partial charge in [0.1, 0.15) is 0 Å². The van der Waals surface area contributed by atoms with Crippen molar-refractivity contribution in [2.75, 3.05) is 6.61 Å². The van der Waals surface area contributed by atoms with E-state index in [0.29, 0.717) is 18.1 Å². The van der Waals surface area contributed by atoms with Gasteiger partial charge in [-0.25, -0.2) is 0 Å². The van der Waals surface area contributed by atoms with Gasteiger partial charge in [0, 0.05) is 30.5 Å². The molecule has 2 atom stereocenters. The molecule has 2 aromatic heterocycles. The van der Waals surface area contributed by atoms with E-state index in [0.717, 1.165) is 19.3 Å². The lowest BCUT2D eigenvalue weighted by Gasteiger charge is -2.53. The molecule has 7 heteroatoms. The zero-order valence-electron chi connectivity index (χ0n) is 14.3. The first kappa shape index (κ1) is 16.2. The molecular weight excluding hydrogens is 320 g/mol. The van der Waals surface area contributed by atoms with Crippen molar-refractivity contribution in [3.63, 3.8) is 0 Å². The van der Waals surface area contributed by atoms with Crippen LogP contribution in [0.3, 0.4) is 0 Å². The molecule has 0 saturated heterocycles. The van der Waals surface area contributed by atoms with Crippen LogP contribution in [0.1, 0.15) is 49.6 Å². The molecule has 0 aliphatic heterocycles. The zero-order chi connectivity index (χ0) is 17.3. The Morgan fingerprint density at radius 3 is 3.00 bits per heavy atom. The van der Waals surface area contributed by atoms with Gasteiger partial charge in [-0.1, -0.05) is 18.0 Å². The molecule has 4 rings (SSSR count). The molecule has 2 heterocycles. The highest BCUT2D eigenvalue weighted by atomic mass is 16.5. The summed E-state index contributed by atoms with van der Waals surface area (Å²) < 4.78 is 11.1. The number of nitrogens with one attached hydrogen (secondary N) is 1. The summed E-state index contributed by atoms with van der Waals surface area (Å²) in [6.07, 6.45) is 9.01. The SMILES string of the molecule is CCO[C@H]1C[C@H](NC(=O)c2noc(-c3cccnc3)n2)C12CCCC2. The third kappa shape index (κ3) is 2.82. The maximum atomic E-state index is 12.5. The van der Waals surface area contributed by atoms with Crippen molar-refractivity contribution < 1.29 is 14.1 Å². The molecule has 25 heavy (non-hydrogen) atoms. The molecule has 2 aliphatic rings. The van der Waals surface area contributed by atoms with Crippen LogP contribution in [0.25, 0.3) is 11.5 Å². The Morgan fingerprint density at radius 2 is 2.28 bits per heavy atom. The van der Waals surface area contributed by atoms with Crippen LogP contribution in [0, 0.1) is 5.41 Å². The molecule has 0 bridgehead atoms. The van der Waals surface area contributed by atoms with Crippen molar-refractivity contribution in [3.05, 3.63) is 30.4 Å². The van der Waals surface area contributed by atoms with E-state index < -0.39 is 0 Å². The number of carbonyl (C=O) groups excluding carboxylic acids is 1. The van der Waals surface area contributed by atoms with E-state index in [1.165, 1.54) is 12.8 Å². The maximum absolute atomic E-state index is 12.5. The second-order valence-electron chi connectivity index (χ2n) is 6.81. The fourth-order valence-electron chi connectivity index (χ4n) is 4.23. The summed E-state index contributed by atoms with van der Waals surface area (Å²) in [7, 11) is 0. The first-order chi connectivity index (χ1) is 12.2. The molecule has 0 unspecified atom stereocenters. The molecule has 0 radical (unpaired) electrons. The first-order valence-electron chi connectivity index (χ1n) is 8.89. The van der Waals surface area contributed by atoms with E-state index in [-0.39, 0.29) is 29.3 Å². The summed E-state index contributed by atoms with van der Waals surface area (Å²) in [5.41, 5.74) is 0.781. The normalized spacial score (nSPS) is 24.2. The van der Waals surface area contributed by atoms with E-state index in [2.05, 4.69) is 20.4 Å². The Hall–Kier alpha value is -2.28. The number of nitrogens with zero attached hydrogens (tertiary/aromatic N) is 3. The van der Waals surface area contributed by atoms with Crippen LogP contribution in [0.4, 0.5) is 0 Å². The summed E-state index contributed by atoms with van der Waals surface area (Å²) >= 11 is 0. The third-order valence-electron chi connectivity index (χ3n) is 5.53. The van der Waals surface area contributed by atoms with Gasteiger partial charge in [0.15, 0.2) is 0 Å². The van der Waals surface area contributed by atoms with Gasteiger partial charge in [0.25, 0.3) is 17.6 Å². The minimum absolute atomic E-state index is 0.0619. The second kappa shape index (κ2) is 6.55. The summed E-state index contributed by atoms with van der Waals surface area (Å²) in [6.45, 7) is 2.74. The average Bonchev–Trinajstić information content (AvgIpc) is 3.32. The molecule has 2 aromatic rings. The van der Waals surface area contributed by atoms with Crippen LogP contribution >= 0.6 is 0 Å². The average molecular weight is 342 g/mol. The van der Waals surface area contributed by atoms with Crippen LogP contribution in [0.15, 0.2) is 29.0 Å². The predicted octanol–water partition coefficient (Wildman–Crippen LogP) is 2.60. The molecule has 2 aliphatic carbocycles. The van der Waals surface area contributed by atoms with E-state index in [9.17, 15) is 4.79 Å². The van der Waals surface area contributed by atoms with Gasteiger partial charge in [0.05, 0.1) is 11.7 Å². The number of carbonyl (C=O) groups is 1. The Balaban J connectivity index is 1.45. The predicted molar refractivity (Wildman–Crippen MR) is 89.7 cm³/mol. The Labute approximate surface area is 146 Å². The van der Waals surface area contributed by atoms with E-state index in [4.69, 9.17) is 9.26 Å². The van der Waals surface area contributed by atoms with Crippen LogP contribution < -0.4 is 5.32 Å². The van der Waals surface area contributed by atoms with Gasteiger partial charge in [-0.05, 0) is 38.3 Å². The lowest BCUT2D eigenvalue weighted by atomic mass is 9.60. The van der Waals surface area contributed by atoms with Crippen molar-refractivity contribution in [2.45, 2.75) is 51.2 Å². The van der Waals surface area contributed by atoms with Gasteiger partial charge in [-0.3, -0.25) is 9.78 Å². The number of aromatic nitrogens is 3. The molecule has 0 aromatic carbocycles. The number of ether oxygens (including phenoxy) is 1. The molecule has 1 spiro atoms. The number of hydrogen-bond donors (Lipinski definition) is 1. The van der Waals surface area contributed by atoms with Crippen LogP contribution in [-0.2, 0) is 4.74 Å². The summed E-state index contributed by atoms with van der Waals surface area (Å²) in [4.78, 5) is 20.8. The molecule has 7 nitrogen and oxygen atoms in total. The quantitative estimate of drug-likeness (QED) is 0.898. The molecule has 2 fully saturated rings. The van der Waals surface area contributed by atoms with Gasteiger partial charge >= 0.3 is 0 Å². The van der Waals surface area contributed by atoms with Gasteiger partial charge < -0.3 is 14.6 Å². The maximum Gasteiger partial charge on any atom is 0.292 e. The van der Waals surface area contributed by atoms with E-state index >= 15 is 0 Å².